The second-order valence-corrected chi connectivity index (χ2v) is 0.883. The molecule has 3 nitrogen and oxygen atoms in total. The van der Waals surface area contributed by atoms with Crippen LogP contribution >= 0.6 is 0 Å². The Morgan fingerprint density at radius 3 is 2.33 bits per heavy atom. The summed E-state index contributed by atoms with van der Waals surface area (Å²) in [5, 5.41) is 6.48. The topological polar surface area (TPSA) is 50.7 Å². The molecule has 0 aliphatic rings. The van der Waals surface area contributed by atoms with Crippen LogP contribution in [-0.2, 0) is 0 Å². The molecule has 0 saturated carbocycles. The molecule has 0 aliphatic heterocycles. The number of nitrogens with two attached hydrogens (primary N) is 1. The largest absolute Gasteiger partial charge is 0.386 e. The van der Waals surface area contributed by atoms with E-state index in [1.807, 2.05) is 0 Å². The highest BCUT2D eigenvalue weighted by molar-refractivity contribution is 5.77. The monoisotopic (exact) mass is 85.1 g/mol. The van der Waals surface area contributed by atoms with Crippen LogP contribution < -0.4 is 5.73 Å². The van der Waals surface area contributed by atoms with Gasteiger partial charge in [0.25, 0.3) is 0 Å². The van der Waals surface area contributed by atoms with Gasteiger partial charge in [-0.3, -0.25) is 0 Å². The summed E-state index contributed by atoms with van der Waals surface area (Å²) in [7, 11) is 0. The first kappa shape index (κ1) is 5.14. The van der Waals surface area contributed by atoms with E-state index in [1.54, 1.807) is 6.92 Å². The van der Waals surface area contributed by atoms with Gasteiger partial charge in [-0.15, -0.1) is 5.10 Å². The van der Waals surface area contributed by atoms with E-state index in [1.165, 1.54) is 0 Å². The van der Waals surface area contributed by atoms with Crippen molar-refractivity contribution in [3.05, 3.63) is 0 Å². The zero-order chi connectivity index (χ0) is 4.99. The van der Waals surface area contributed by atoms with E-state index in [0.29, 0.717) is 5.84 Å². The SMILES string of the molecule is C=N/N=C(\C)N. The van der Waals surface area contributed by atoms with Crippen LogP contribution in [-0.4, -0.2) is 12.6 Å². The predicted octanol–water partition coefficient (Wildman–Crippen LogP) is -0.0209. The molecule has 0 heterocycles. The van der Waals surface area contributed by atoms with Crippen LogP contribution in [0.3, 0.4) is 0 Å². The highest BCUT2D eigenvalue weighted by atomic mass is 15.2. The minimum Gasteiger partial charge on any atom is -0.386 e. The number of amidine groups is 1. The lowest BCUT2D eigenvalue weighted by Gasteiger charge is -1.76. The van der Waals surface area contributed by atoms with Crippen molar-refractivity contribution < 1.29 is 0 Å². The smallest absolute Gasteiger partial charge is 0.119 e. The van der Waals surface area contributed by atoms with Gasteiger partial charge in [0.2, 0.25) is 0 Å². The maximum absolute atomic E-state index is 5.02. The Labute approximate surface area is 36.6 Å². The fourth-order valence-electron chi connectivity index (χ4n) is 0.112. The average Bonchev–Trinajstić information content (AvgIpc) is 1.35. The van der Waals surface area contributed by atoms with Crippen LogP contribution in [0.25, 0.3) is 0 Å². The van der Waals surface area contributed by atoms with Crippen LogP contribution in [0.5, 0.6) is 0 Å². The average molecular weight is 85.1 g/mol. The molecule has 0 aliphatic carbocycles. The maximum atomic E-state index is 5.02. The van der Waals surface area contributed by atoms with Crippen LogP contribution in [0.1, 0.15) is 6.92 Å². The fourth-order valence-corrected chi connectivity index (χ4v) is 0.112. The zero-order valence-corrected chi connectivity index (χ0v) is 3.68. The molecule has 0 aromatic heterocycles. The lowest BCUT2D eigenvalue weighted by Crippen LogP contribution is -2.03. The lowest BCUT2D eigenvalue weighted by molar-refractivity contribution is 1.24. The first-order chi connectivity index (χ1) is 2.77. The molecule has 0 rings (SSSR count). The standard InChI is InChI=1S/C3H7N3/c1-3(4)6-5-2/h2H2,1H3,(H2,4,6). The molecule has 0 atom stereocenters. The van der Waals surface area contributed by atoms with E-state index in [9.17, 15) is 0 Å². The zero-order valence-electron chi connectivity index (χ0n) is 3.68. The minimum atomic E-state index is 0.435. The Hall–Kier alpha value is -0.860. The molecule has 34 valence electrons. The molecule has 0 aromatic carbocycles. The van der Waals surface area contributed by atoms with Gasteiger partial charge in [-0.1, -0.05) is 0 Å². The Morgan fingerprint density at radius 2 is 2.33 bits per heavy atom. The van der Waals surface area contributed by atoms with Gasteiger partial charge in [-0.2, -0.15) is 5.10 Å². The summed E-state index contributed by atoms with van der Waals surface area (Å²) in [5.41, 5.74) is 5.02. The van der Waals surface area contributed by atoms with Gasteiger partial charge in [0.15, 0.2) is 0 Å². The molecule has 0 spiro atoms. The molecule has 0 amide bonds. The summed E-state index contributed by atoms with van der Waals surface area (Å²) in [5.74, 6) is 0.435. The van der Waals surface area contributed by atoms with Crippen molar-refractivity contribution in [2.45, 2.75) is 6.92 Å². The predicted molar refractivity (Wildman–Crippen MR) is 26.8 cm³/mol. The summed E-state index contributed by atoms with van der Waals surface area (Å²) in [6.07, 6.45) is 0. The van der Waals surface area contributed by atoms with Gasteiger partial charge in [0.05, 0.1) is 0 Å². The molecule has 0 saturated heterocycles. The Bertz CT molecular complexity index is 70.1. The first-order valence-corrected chi connectivity index (χ1v) is 1.53. The van der Waals surface area contributed by atoms with Gasteiger partial charge < -0.3 is 5.73 Å². The summed E-state index contributed by atoms with van der Waals surface area (Å²) < 4.78 is 0. The maximum Gasteiger partial charge on any atom is 0.119 e. The Kier molecular flexibility index (Phi) is 2.04. The quantitative estimate of drug-likeness (QED) is 0.271. The van der Waals surface area contributed by atoms with E-state index < -0.39 is 0 Å². The van der Waals surface area contributed by atoms with E-state index in [2.05, 4.69) is 16.9 Å². The number of nitrogens with zero attached hydrogens (tertiary/aromatic N) is 2. The molecule has 0 radical (unpaired) electrons. The van der Waals surface area contributed by atoms with Crippen molar-refractivity contribution in [3.63, 3.8) is 0 Å². The van der Waals surface area contributed by atoms with E-state index in [4.69, 9.17) is 5.73 Å². The number of hydrogen-bond donors (Lipinski definition) is 1. The van der Waals surface area contributed by atoms with Gasteiger partial charge >= 0.3 is 0 Å². The summed E-state index contributed by atoms with van der Waals surface area (Å²) in [4.78, 5) is 0. The molecule has 0 fully saturated rings. The highest BCUT2D eigenvalue weighted by Gasteiger charge is 1.66. The first-order valence-electron chi connectivity index (χ1n) is 1.53. The summed E-state index contributed by atoms with van der Waals surface area (Å²) >= 11 is 0. The van der Waals surface area contributed by atoms with Crippen LogP contribution in [0.2, 0.25) is 0 Å². The normalized spacial score (nSPS) is 11.2. The van der Waals surface area contributed by atoms with E-state index >= 15 is 0 Å². The van der Waals surface area contributed by atoms with Crippen molar-refractivity contribution in [1.82, 2.24) is 0 Å². The van der Waals surface area contributed by atoms with Crippen LogP contribution in [0.4, 0.5) is 0 Å². The van der Waals surface area contributed by atoms with Gasteiger partial charge in [0.1, 0.15) is 5.84 Å². The van der Waals surface area contributed by atoms with Crippen LogP contribution in [0, 0.1) is 0 Å². The second kappa shape index (κ2) is 2.38. The number of hydrogen-bond acceptors (Lipinski definition) is 2. The number of rotatable bonds is 1. The van der Waals surface area contributed by atoms with Gasteiger partial charge in [-0.05, 0) is 6.92 Å². The van der Waals surface area contributed by atoms with E-state index in [0.717, 1.165) is 0 Å². The molecule has 6 heavy (non-hydrogen) atoms. The Morgan fingerprint density at radius 1 is 1.83 bits per heavy atom. The van der Waals surface area contributed by atoms with Crippen molar-refractivity contribution in [2.75, 3.05) is 0 Å². The Balaban J connectivity index is 3.41. The molecular formula is C3H7N3. The lowest BCUT2D eigenvalue weighted by atomic mass is 10.7. The molecule has 2 N–H and O–H groups in total. The van der Waals surface area contributed by atoms with Gasteiger partial charge in [0, 0.05) is 6.72 Å². The molecule has 0 bridgehead atoms. The third-order valence-corrected chi connectivity index (χ3v) is 0.228. The van der Waals surface area contributed by atoms with Crippen molar-refractivity contribution >= 4 is 12.6 Å². The fraction of sp³-hybridized carbons (Fsp3) is 0.333. The molecular weight excluding hydrogens is 78.1 g/mol. The second-order valence-electron chi connectivity index (χ2n) is 0.883. The molecule has 0 unspecified atom stereocenters. The third-order valence-electron chi connectivity index (χ3n) is 0.228. The van der Waals surface area contributed by atoms with Crippen molar-refractivity contribution in [3.8, 4) is 0 Å². The molecule has 3 heteroatoms. The van der Waals surface area contributed by atoms with Crippen molar-refractivity contribution in [1.29, 1.82) is 0 Å². The van der Waals surface area contributed by atoms with Crippen molar-refractivity contribution in [2.24, 2.45) is 15.9 Å². The van der Waals surface area contributed by atoms with E-state index in [-0.39, 0.29) is 0 Å². The van der Waals surface area contributed by atoms with Crippen LogP contribution in [0.15, 0.2) is 10.2 Å². The molecule has 0 aromatic rings. The summed E-state index contributed by atoms with van der Waals surface area (Å²) in [6.45, 7) is 4.73. The summed E-state index contributed by atoms with van der Waals surface area (Å²) in [6, 6.07) is 0. The van der Waals surface area contributed by atoms with Gasteiger partial charge in [-0.25, -0.2) is 0 Å². The minimum absolute atomic E-state index is 0.435. The highest BCUT2D eigenvalue weighted by Crippen LogP contribution is 1.63. The third kappa shape index (κ3) is 3.14.